The van der Waals surface area contributed by atoms with Crippen LogP contribution < -0.4 is 11.1 Å². The number of rotatable bonds is 5. The fourth-order valence-electron chi connectivity index (χ4n) is 2.33. The predicted octanol–water partition coefficient (Wildman–Crippen LogP) is 2.87. The summed E-state index contributed by atoms with van der Waals surface area (Å²) in [5.41, 5.74) is 10.0. The van der Waals surface area contributed by atoms with Crippen LogP contribution in [0, 0.1) is 6.92 Å². The lowest BCUT2D eigenvalue weighted by Gasteiger charge is -2.15. The normalized spacial score (nSPS) is 12.0. The molecule has 0 aromatic heterocycles. The van der Waals surface area contributed by atoms with E-state index < -0.39 is 0 Å². The van der Waals surface area contributed by atoms with Gasteiger partial charge >= 0.3 is 0 Å². The zero-order valence-corrected chi connectivity index (χ0v) is 12.6. The Morgan fingerprint density at radius 2 is 1.71 bits per heavy atom. The van der Waals surface area contributed by atoms with E-state index in [0.717, 1.165) is 16.7 Å². The molecule has 2 aromatic rings. The number of carbonyl (C=O) groups excluding carboxylic acids is 1. The first-order chi connectivity index (χ1) is 10.1. The molecule has 0 radical (unpaired) electrons. The van der Waals surface area contributed by atoms with Gasteiger partial charge in [0.05, 0.1) is 12.5 Å². The molecule has 0 saturated heterocycles. The van der Waals surface area contributed by atoms with Crippen LogP contribution in [0.3, 0.4) is 0 Å². The van der Waals surface area contributed by atoms with Crippen LogP contribution in [-0.2, 0) is 17.8 Å². The first-order valence-electron chi connectivity index (χ1n) is 7.23. The highest BCUT2D eigenvalue weighted by molar-refractivity contribution is 5.79. The van der Waals surface area contributed by atoms with Crippen molar-refractivity contribution in [2.45, 2.75) is 32.9 Å². The van der Waals surface area contributed by atoms with Gasteiger partial charge in [0.15, 0.2) is 0 Å². The van der Waals surface area contributed by atoms with Crippen molar-refractivity contribution in [1.29, 1.82) is 0 Å². The van der Waals surface area contributed by atoms with Crippen LogP contribution >= 0.6 is 0 Å². The number of nitrogens with one attached hydrogen (secondary N) is 1. The third-order valence-electron chi connectivity index (χ3n) is 3.64. The Kier molecular flexibility index (Phi) is 5.12. The number of nitrogens with two attached hydrogens (primary N) is 1. The molecule has 3 nitrogen and oxygen atoms in total. The highest BCUT2D eigenvalue weighted by Gasteiger charge is 2.11. The van der Waals surface area contributed by atoms with Crippen LogP contribution in [0.25, 0.3) is 0 Å². The molecule has 0 saturated carbocycles. The van der Waals surface area contributed by atoms with Gasteiger partial charge in [-0.05, 0) is 30.5 Å². The van der Waals surface area contributed by atoms with Crippen molar-refractivity contribution in [3.05, 3.63) is 70.8 Å². The Bertz CT molecular complexity index is 605. The lowest BCUT2D eigenvalue weighted by Crippen LogP contribution is -2.28. The summed E-state index contributed by atoms with van der Waals surface area (Å²) in [7, 11) is 0. The molecular formula is C18H22N2O. The topological polar surface area (TPSA) is 55.1 Å². The van der Waals surface area contributed by atoms with Crippen molar-refractivity contribution in [2.75, 3.05) is 0 Å². The number of carbonyl (C=O) groups is 1. The average molecular weight is 282 g/mol. The van der Waals surface area contributed by atoms with E-state index in [1.807, 2.05) is 43.3 Å². The van der Waals surface area contributed by atoms with Crippen LogP contribution in [0.2, 0.25) is 0 Å². The number of amides is 1. The molecule has 0 heterocycles. The highest BCUT2D eigenvalue weighted by atomic mass is 16.1. The Morgan fingerprint density at radius 1 is 1.10 bits per heavy atom. The van der Waals surface area contributed by atoms with Crippen molar-refractivity contribution in [1.82, 2.24) is 5.32 Å². The molecule has 1 unspecified atom stereocenters. The minimum atomic E-state index is 0.00291. The van der Waals surface area contributed by atoms with E-state index >= 15 is 0 Å². The van der Waals surface area contributed by atoms with Crippen LogP contribution in [0.1, 0.15) is 35.2 Å². The number of hydrogen-bond acceptors (Lipinski definition) is 2. The molecule has 1 atom stereocenters. The first-order valence-corrected chi connectivity index (χ1v) is 7.23. The van der Waals surface area contributed by atoms with Gasteiger partial charge in [0.2, 0.25) is 5.91 Å². The van der Waals surface area contributed by atoms with Gasteiger partial charge in [-0.15, -0.1) is 0 Å². The van der Waals surface area contributed by atoms with Gasteiger partial charge in [0, 0.05) is 6.54 Å². The van der Waals surface area contributed by atoms with Crippen LogP contribution in [0.4, 0.5) is 0 Å². The van der Waals surface area contributed by atoms with Gasteiger partial charge in [-0.1, -0.05) is 54.1 Å². The standard InChI is InChI=1S/C18H22N2O/c1-13-7-9-15(10-8-13)14(2)20-18(21)11-16-5-3-4-6-17(16)12-19/h3-10,14H,11-12,19H2,1-2H3,(H,20,21). The van der Waals surface area contributed by atoms with Gasteiger partial charge in [-0.25, -0.2) is 0 Å². The predicted molar refractivity (Wildman–Crippen MR) is 85.8 cm³/mol. The zero-order chi connectivity index (χ0) is 15.2. The SMILES string of the molecule is Cc1ccc(C(C)NC(=O)Cc2ccccc2CN)cc1. The lowest BCUT2D eigenvalue weighted by molar-refractivity contribution is -0.121. The monoisotopic (exact) mass is 282 g/mol. The van der Waals surface area contributed by atoms with Crippen molar-refractivity contribution >= 4 is 5.91 Å². The minimum absolute atomic E-state index is 0.00291. The summed E-state index contributed by atoms with van der Waals surface area (Å²) in [5, 5.41) is 3.04. The summed E-state index contributed by atoms with van der Waals surface area (Å²) in [6.45, 7) is 4.51. The molecule has 2 rings (SSSR count). The first kappa shape index (κ1) is 15.3. The van der Waals surface area contributed by atoms with Crippen molar-refractivity contribution in [3.8, 4) is 0 Å². The van der Waals surface area contributed by atoms with Crippen molar-refractivity contribution in [3.63, 3.8) is 0 Å². The lowest BCUT2D eigenvalue weighted by atomic mass is 10.0. The number of aryl methyl sites for hydroxylation is 1. The summed E-state index contributed by atoms with van der Waals surface area (Å²) in [6.07, 6.45) is 0.365. The molecule has 0 aliphatic carbocycles. The maximum absolute atomic E-state index is 12.2. The van der Waals surface area contributed by atoms with Crippen molar-refractivity contribution < 1.29 is 4.79 Å². The second-order valence-corrected chi connectivity index (χ2v) is 5.35. The molecule has 3 heteroatoms. The number of hydrogen-bond donors (Lipinski definition) is 2. The molecule has 0 spiro atoms. The average Bonchev–Trinajstić information content (AvgIpc) is 2.48. The smallest absolute Gasteiger partial charge is 0.224 e. The quantitative estimate of drug-likeness (QED) is 0.886. The van der Waals surface area contributed by atoms with E-state index in [2.05, 4.69) is 24.4 Å². The molecule has 0 aliphatic rings. The van der Waals surface area contributed by atoms with E-state index in [0.29, 0.717) is 13.0 Å². The van der Waals surface area contributed by atoms with Gasteiger partial charge in [-0.2, -0.15) is 0 Å². The van der Waals surface area contributed by atoms with Crippen LogP contribution in [-0.4, -0.2) is 5.91 Å². The Balaban J connectivity index is 1.99. The Labute approximate surface area is 126 Å². The third kappa shape index (κ3) is 4.17. The molecule has 110 valence electrons. The fourth-order valence-corrected chi connectivity index (χ4v) is 2.33. The maximum Gasteiger partial charge on any atom is 0.224 e. The summed E-state index contributed by atoms with van der Waals surface area (Å²) >= 11 is 0. The third-order valence-corrected chi connectivity index (χ3v) is 3.64. The highest BCUT2D eigenvalue weighted by Crippen LogP contribution is 2.14. The summed E-state index contributed by atoms with van der Waals surface area (Å²) in [5.74, 6) is 0.0176. The van der Waals surface area contributed by atoms with E-state index in [4.69, 9.17) is 5.73 Å². The molecule has 0 bridgehead atoms. The summed E-state index contributed by atoms with van der Waals surface area (Å²) < 4.78 is 0. The van der Waals surface area contributed by atoms with Gasteiger partial charge in [-0.3, -0.25) is 4.79 Å². The molecule has 3 N–H and O–H groups in total. The van der Waals surface area contributed by atoms with Gasteiger partial charge in [0.1, 0.15) is 0 Å². The van der Waals surface area contributed by atoms with Crippen molar-refractivity contribution in [2.24, 2.45) is 5.73 Å². The summed E-state index contributed by atoms with van der Waals surface area (Å²) in [4.78, 5) is 12.2. The molecule has 0 aliphatic heterocycles. The van der Waals surface area contributed by atoms with Gasteiger partial charge in [0.25, 0.3) is 0 Å². The fraction of sp³-hybridized carbons (Fsp3) is 0.278. The molecular weight excluding hydrogens is 260 g/mol. The molecule has 1 amide bonds. The largest absolute Gasteiger partial charge is 0.349 e. The molecule has 0 fully saturated rings. The second kappa shape index (κ2) is 7.04. The number of benzene rings is 2. The Hall–Kier alpha value is -2.13. The van der Waals surface area contributed by atoms with Crippen LogP contribution in [0.15, 0.2) is 48.5 Å². The summed E-state index contributed by atoms with van der Waals surface area (Å²) in [6, 6.07) is 16.0. The van der Waals surface area contributed by atoms with E-state index in [-0.39, 0.29) is 11.9 Å². The minimum Gasteiger partial charge on any atom is -0.349 e. The molecule has 2 aromatic carbocycles. The molecule has 21 heavy (non-hydrogen) atoms. The van der Waals surface area contributed by atoms with Gasteiger partial charge < -0.3 is 11.1 Å². The Morgan fingerprint density at radius 3 is 2.33 bits per heavy atom. The van der Waals surface area contributed by atoms with Crippen LogP contribution in [0.5, 0.6) is 0 Å². The maximum atomic E-state index is 12.2. The van der Waals surface area contributed by atoms with E-state index in [1.54, 1.807) is 0 Å². The van der Waals surface area contributed by atoms with E-state index in [1.165, 1.54) is 5.56 Å². The zero-order valence-electron chi connectivity index (χ0n) is 12.6. The second-order valence-electron chi connectivity index (χ2n) is 5.35. The van der Waals surface area contributed by atoms with E-state index in [9.17, 15) is 4.79 Å².